The number of ether oxygens (including phenoxy) is 3. The van der Waals surface area contributed by atoms with Crippen LogP contribution in [0.5, 0.6) is 0 Å². The van der Waals surface area contributed by atoms with E-state index in [0.717, 1.165) is 0 Å². The van der Waals surface area contributed by atoms with Gasteiger partial charge >= 0.3 is 166 Å². The number of hydrogen-bond acceptors (Lipinski definition) is 17. The molecule has 18 nitrogen and oxygen atoms in total. The predicted octanol–water partition coefficient (Wildman–Crippen LogP) is -9.89. The van der Waals surface area contributed by atoms with Crippen molar-refractivity contribution in [1.29, 1.82) is 0 Å². The molecule has 23 heteroatoms. The van der Waals surface area contributed by atoms with Gasteiger partial charge in [0.25, 0.3) is 0 Å². The maximum absolute atomic E-state index is 13.1. The summed E-state index contributed by atoms with van der Waals surface area (Å²) in [6.07, 6.45) is -12.4. The van der Waals surface area contributed by atoms with E-state index in [-0.39, 0.29) is 185 Å². The number of carbonyl (C=O) groups excluding carboxylic acids is 2. The average Bonchev–Trinajstić information content (AvgIpc) is 3.16. The predicted molar refractivity (Wildman–Crippen MR) is 163 cm³/mol. The Morgan fingerprint density at radius 2 is 1.54 bits per heavy atom. The summed E-state index contributed by atoms with van der Waals surface area (Å²) < 4.78 is 96.9. The number of rotatable bonds is 12. The third-order valence-corrected chi connectivity index (χ3v) is 12.9. The van der Waals surface area contributed by atoms with Gasteiger partial charge in [-0.2, -0.15) is 0 Å². The number of carboxylic acids is 2. The molecule has 1 heterocycles. The van der Waals surface area contributed by atoms with E-state index in [0.29, 0.717) is 31.3 Å². The molecule has 5 aliphatic rings. The molecule has 13 atom stereocenters. The van der Waals surface area contributed by atoms with Crippen LogP contribution in [0.3, 0.4) is 0 Å². The first-order valence-corrected chi connectivity index (χ1v) is 19.4. The molecule has 5 fully saturated rings. The van der Waals surface area contributed by atoms with Gasteiger partial charge in [-0.25, -0.2) is 16.8 Å². The third-order valence-electron chi connectivity index (χ3n) is 12.0. The van der Waals surface area contributed by atoms with Crippen LogP contribution in [0.1, 0.15) is 72.1 Å². The minimum absolute atomic E-state index is 0. The summed E-state index contributed by atoms with van der Waals surface area (Å²) in [7, 11) is -11.5. The van der Waals surface area contributed by atoms with E-state index >= 15 is 0 Å². The van der Waals surface area contributed by atoms with Crippen LogP contribution < -0.4 is 159 Å². The standard InChI is InChI=1S/C31H46O18S2.3K/c1-14(2)9-21(33)47-24-23(49-51(42,43)44)22(48-50(39,40)41)18(13-32)46-26(24)45-17-11-29(4)19-6-5-16-10-30(19,25(34)15(16)3)8-7-20(29)31(12-17,27(35)36)28(37)38;;;/h14,16-20,22-26,32,34H,3,5-13H2,1-2,4H3,(H,35,36)(H,37,38)(H,39,40,41)(H,42,43,44);;;/q;3*+1/p-3/t16-,17-,18+,19-,20-,22+,23-,24+,25?,26+,29-,30-;;;/m0.../s1. The molecule has 2 unspecified atom stereocenters. The number of aliphatic hydroxyl groups is 2. The van der Waals surface area contributed by atoms with Gasteiger partial charge in [-0.1, -0.05) is 27.4 Å². The topological polar surface area (TPSA) is 296 Å². The summed E-state index contributed by atoms with van der Waals surface area (Å²) in [6.45, 7) is 7.87. The molecule has 1 saturated heterocycles. The number of carboxylic acid groups (broad SMARTS) is 2. The number of fused-ring (bicyclic) bond motifs is 3. The molecular weight excluding hydrogens is 842 g/mol. The minimum atomic E-state index is -5.79. The molecule has 0 aromatic heterocycles. The van der Waals surface area contributed by atoms with Gasteiger partial charge in [-0.05, 0) is 79.6 Å². The summed E-state index contributed by atoms with van der Waals surface area (Å²) in [6, 6.07) is 0. The Morgan fingerprint density at radius 1 is 0.944 bits per heavy atom. The number of aliphatic hydroxyl groups excluding tert-OH is 2. The molecule has 0 radical (unpaired) electrons. The van der Waals surface area contributed by atoms with Crippen molar-refractivity contribution < 1.29 is 237 Å². The quantitative estimate of drug-likeness (QED) is 0.0312. The summed E-state index contributed by atoms with van der Waals surface area (Å²) in [4.78, 5) is 39.0. The smallest absolute Gasteiger partial charge is 0.726 e. The van der Waals surface area contributed by atoms with Crippen LogP contribution in [0.25, 0.3) is 0 Å². The minimum Gasteiger partial charge on any atom is -0.726 e. The van der Waals surface area contributed by atoms with Gasteiger partial charge in [0, 0.05) is 11.8 Å². The Bertz CT molecular complexity index is 1630. The summed E-state index contributed by atoms with van der Waals surface area (Å²) in [5, 5.41) is 45.2. The molecule has 290 valence electrons. The van der Waals surface area contributed by atoms with E-state index in [1.807, 2.05) is 0 Å². The van der Waals surface area contributed by atoms with Crippen LogP contribution in [0.15, 0.2) is 12.2 Å². The fraction of sp³-hybridized carbons (Fsp3) is 0.839. The van der Waals surface area contributed by atoms with Gasteiger partial charge in [0.05, 0.1) is 24.8 Å². The van der Waals surface area contributed by atoms with Gasteiger partial charge in [0.15, 0.2) is 12.4 Å². The fourth-order valence-corrected chi connectivity index (χ4v) is 11.2. The van der Waals surface area contributed by atoms with Gasteiger partial charge in [0.2, 0.25) is 20.8 Å². The summed E-state index contributed by atoms with van der Waals surface area (Å²) >= 11 is 0. The van der Waals surface area contributed by atoms with Crippen molar-refractivity contribution in [3.63, 3.8) is 0 Å². The number of carbonyl (C=O) groups is 3. The van der Waals surface area contributed by atoms with Crippen LogP contribution in [0.2, 0.25) is 0 Å². The van der Waals surface area contributed by atoms with Crippen LogP contribution in [-0.4, -0.2) is 109 Å². The zero-order valence-electron chi connectivity index (χ0n) is 31.2. The van der Waals surface area contributed by atoms with E-state index < -0.39 is 123 Å². The van der Waals surface area contributed by atoms with Crippen molar-refractivity contribution >= 4 is 38.7 Å². The Kier molecular flexibility index (Phi) is 19.3. The van der Waals surface area contributed by atoms with Gasteiger partial charge < -0.3 is 48.5 Å². The second kappa shape index (κ2) is 19.8. The molecule has 1 aliphatic heterocycles. The number of esters is 1. The van der Waals surface area contributed by atoms with Crippen LogP contribution in [-0.2, 0) is 57.8 Å². The Morgan fingerprint density at radius 3 is 2.06 bits per heavy atom. The maximum atomic E-state index is 13.1. The molecule has 2 bridgehead atoms. The molecule has 4 aliphatic carbocycles. The second-order valence-electron chi connectivity index (χ2n) is 15.3. The van der Waals surface area contributed by atoms with Crippen molar-refractivity contribution in [2.45, 2.75) is 115 Å². The molecule has 0 aromatic rings. The second-order valence-corrected chi connectivity index (χ2v) is 17.3. The first kappa shape index (κ1) is 52.8. The molecular formula is C31H43K3O18S2. The van der Waals surface area contributed by atoms with E-state index in [4.69, 9.17) is 14.2 Å². The Labute approximate surface area is 442 Å². The van der Waals surface area contributed by atoms with E-state index in [2.05, 4.69) is 14.9 Å². The Balaban J connectivity index is 0.00000336. The van der Waals surface area contributed by atoms with Crippen LogP contribution in [0, 0.1) is 39.9 Å². The molecule has 0 amide bonds. The number of aliphatic carboxylic acids is 2. The van der Waals surface area contributed by atoms with Crippen molar-refractivity contribution in [2.75, 3.05) is 6.61 Å². The van der Waals surface area contributed by atoms with Crippen molar-refractivity contribution in [2.24, 2.45) is 39.9 Å². The fourth-order valence-electron chi connectivity index (χ4n) is 10.2. The molecule has 4 saturated carbocycles. The third kappa shape index (κ3) is 10.5. The van der Waals surface area contributed by atoms with Gasteiger partial charge in [-0.3, -0.25) is 18.0 Å². The monoisotopic (exact) mass is 884 g/mol. The zero-order valence-corrected chi connectivity index (χ0v) is 42.2. The van der Waals surface area contributed by atoms with Crippen molar-refractivity contribution in [3.05, 3.63) is 12.2 Å². The Hall–Kier alpha value is 2.64. The molecule has 0 aromatic carbocycles. The number of hydrogen-bond donors (Lipinski definition) is 3. The summed E-state index contributed by atoms with van der Waals surface area (Å²) in [5.74, 6) is -6.40. The SMILES string of the molecule is C=C1C(O)[C@]23CC[C@@H]4C(C(=O)[O-])(C(=O)O)C[C@@H](O[C@@H]5O[C@H](CO)[C@@H](OS(=O)(=O)[O-])[C@H](OS(=O)(=O)[O-])[C@H]5OC(=O)CC(C)C)C[C@@]4(C)[C@@H]2CC[C@H]1C3.[K+].[K+].[K+]. The van der Waals surface area contributed by atoms with E-state index in [9.17, 15) is 60.8 Å². The largest absolute Gasteiger partial charge is 1.00 e. The summed E-state index contributed by atoms with van der Waals surface area (Å²) in [5.41, 5.74) is -3.76. The first-order valence-electron chi connectivity index (χ1n) is 16.7. The zero-order chi connectivity index (χ0) is 38.1. The molecule has 3 N–H and O–H groups in total. The van der Waals surface area contributed by atoms with Crippen LogP contribution >= 0.6 is 0 Å². The molecule has 5 rings (SSSR count). The van der Waals surface area contributed by atoms with Gasteiger partial charge in [0.1, 0.15) is 23.7 Å². The van der Waals surface area contributed by atoms with Gasteiger partial charge in [-0.15, -0.1) is 0 Å². The van der Waals surface area contributed by atoms with E-state index in [1.165, 1.54) is 0 Å². The van der Waals surface area contributed by atoms with Crippen molar-refractivity contribution in [1.82, 2.24) is 0 Å². The van der Waals surface area contributed by atoms with Crippen molar-refractivity contribution in [3.8, 4) is 0 Å². The normalized spacial score (nSPS) is 40.2. The first-order chi connectivity index (χ1) is 23.5. The molecule has 54 heavy (non-hydrogen) atoms. The average molecular weight is 885 g/mol. The van der Waals surface area contributed by atoms with Crippen LogP contribution in [0.4, 0.5) is 0 Å². The maximum Gasteiger partial charge on any atom is 1.00 e. The molecule has 1 spiro atoms. The van der Waals surface area contributed by atoms with E-state index in [1.54, 1.807) is 20.8 Å².